The summed E-state index contributed by atoms with van der Waals surface area (Å²) in [4.78, 5) is 0. The molecule has 0 aliphatic carbocycles. The summed E-state index contributed by atoms with van der Waals surface area (Å²) in [6.07, 6.45) is 0. The molecule has 0 aliphatic heterocycles. The Kier molecular flexibility index (Phi) is 2.98. The molecule has 0 bridgehead atoms. The molecule has 46 valence electrons. The van der Waals surface area contributed by atoms with Gasteiger partial charge in [-0.2, -0.15) is 0 Å². The molecule has 0 saturated heterocycles. The Hall–Kier alpha value is 0.432. The van der Waals surface area contributed by atoms with E-state index in [9.17, 15) is 0 Å². The van der Waals surface area contributed by atoms with E-state index in [4.69, 9.17) is 8.32 Å². The van der Waals surface area contributed by atoms with Crippen LogP contribution in [0.2, 0.25) is 0 Å². The van der Waals surface area contributed by atoms with Crippen molar-refractivity contribution in [1.82, 2.24) is 0 Å². The fourth-order valence-corrected chi connectivity index (χ4v) is 4.06. The summed E-state index contributed by atoms with van der Waals surface area (Å²) in [6, 6.07) is 8.35. The van der Waals surface area contributed by atoms with Crippen LogP contribution in [0.1, 0.15) is 5.56 Å². The summed E-state index contributed by atoms with van der Waals surface area (Å²) in [5.41, 5.74) is 1.36. The summed E-state index contributed by atoms with van der Waals surface area (Å²) in [5, 5.41) is 0. The molecule has 0 atom stereocenters. The molecule has 2 radical (unpaired) electrons. The number of rotatable bonds is 1. The first-order valence-corrected chi connectivity index (χ1v) is 9.50. The van der Waals surface area contributed by atoms with Crippen LogP contribution >= 0.6 is 8.32 Å². The van der Waals surface area contributed by atoms with Gasteiger partial charge in [-0.15, -0.1) is 0 Å². The van der Waals surface area contributed by atoms with Gasteiger partial charge in [0.25, 0.3) is 0 Å². The minimum atomic E-state index is -0.899. The normalized spacial score (nSPS) is 9.56. The van der Waals surface area contributed by atoms with Crippen molar-refractivity contribution in [3.8, 4) is 0 Å². The van der Waals surface area contributed by atoms with Gasteiger partial charge in [0.05, 0.1) is 0 Å². The van der Waals surface area contributed by atoms with Crippen molar-refractivity contribution in [3.63, 3.8) is 0 Å². The molecule has 1 rings (SSSR count). The number of aryl methyl sites for hydroxylation is 1. The molecule has 1 aromatic carbocycles. The number of halogens is 1. The maximum absolute atomic E-state index is 5.83. The van der Waals surface area contributed by atoms with E-state index < -0.39 is 23.0 Å². The van der Waals surface area contributed by atoms with E-state index in [2.05, 4.69) is 31.2 Å². The molecule has 0 amide bonds. The zero-order valence-corrected chi connectivity index (χ0v) is 9.83. The molecule has 0 fully saturated rings. The van der Waals surface area contributed by atoms with E-state index in [1.165, 1.54) is 8.69 Å². The van der Waals surface area contributed by atoms with Crippen LogP contribution in [-0.2, 0) is 0 Å². The van der Waals surface area contributed by atoms with Crippen LogP contribution in [0.15, 0.2) is 24.3 Å². The van der Waals surface area contributed by atoms with Gasteiger partial charge in [0.15, 0.2) is 0 Å². The first-order valence-electron chi connectivity index (χ1n) is 2.77. The summed E-state index contributed by atoms with van der Waals surface area (Å²) in [6.45, 7) is 2.12. The average Bonchev–Trinajstić information content (AvgIpc) is 1.89. The van der Waals surface area contributed by atoms with E-state index >= 15 is 0 Å². The number of benzene rings is 1. The van der Waals surface area contributed by atoms with Crippen molar-refractivity contribution in [2.24, 2.45) is 0 Å². The van der Waals surface area contributed by atoms with Gasteiger partial charge in [0, 0.05) is 0 Å². The van der Waals surface area contributed by atoms with Gasteiger partial charge in [-0.25, -0.2) is 0 Å². The molecular weight excluding hydrogens is 327 g/mol. The molecule has 0 saturated carbocycles. The third-order valence-corrected chi connectivity index (χ3v) is 6.01. The first-order chi connectivity index (χ1) is 4.34. The van der Waals surface area contributed by atoms with Gasteiger partial charge < -0.3 is 0 Å². The molecule has 0 nitrogen and oxygen atoms in total. The second-order valence-corrected chi connectivity index (χ2v) is 6.40. The second kappa shape index (κ2) is 3.56. The van der Waals surface area contributed by atoms with Crippen LogP contribution in [0.4, 0.5) is 0 Å². The van der Waals surface area contributed by atoms with Crippen molar-refractivity contribution < 1.29 is 0 Å². The van der Waals surface area contributed by atoms with Crippen LogP contribution in [0.25, 0.3) is 0 Å². The molecule has 0 aliphatic rings. The third kappa shape index (κ3) is 1.93. The fraction of sp³-hybridized carbons (Fsp3) is 0.143. The summed E-state index contributed by atoms with van der Waals surface area (Å²) in [7, 11) is 5.83. The second-order valence-electron chi connectivity index (χ2n) is 1.91. The van der Waals surface area contributed by atoms with Gasteiger partial charge in [-0.3, -0.25) is 0 Å². The van der Waals surface area contributed by atoms with Gasteiger partial charge in [-0.05, 0) is 0 Å². The monoisotopic (exact) mass is 334 g/mol. The Morgan fingerprint density at radius 2 is 2.00 bits per heavy atom. The van der Waals surface area contributed by atoms with E-state index in [0.717, 1.165) is 0 Å². The van der Waals surface area contributed by atoms with Crippen LogP contribution in [-0.4, -0.2) is 23.0 Å². The SMILES string of the molecule is Cc1cccc[c]1[Pb][Cl]. The maximum atomic E-state index is 5.83. The van der Waals surface area contributed by atoms with Crippen molar-refractivity contribution in [3.05, 3.63) is 29.8 Å². The topological polar surface area (TPSA) is 0 Å². The predicted molar refractivity (Wildman–Crippen MR) is 42.4 cm³/mol. The van der Waals surface area contributed by atoms with Gasteiger partial charge >= 0.3 is 71.2 Å². The Labute approximate surface area is 70.9 Å². The van der Waals surface area contributed by atoms with Crippen molar-refractivity contribution in [2.75, 3.05) is 0 Å². The standard InChI is InChI=1S/C7H7.ClH.Pb/c1-7-5-3-2-4-6-7;;/h2-5H,1H3;1H;/q;;+1/p-1. The van der Waals surface area contributed by atoms with Gasteiger partial charge in [0.1, 0.15) is 0 Å². The van der Waals surface area contributed by atoms with E-state index in [1.807, 2.05) is 0 Å². The van der Waals surface area contributed by atoms with Crippen molar-refractivity contribution in [1.29, 1.82) is 0 Å². The van der Waals surface area contributed by atoms with Crippen molar-refractivity contribution >= 4 is 34.5 Å². The first kappa shape index (κ1) is 7.54. The van der Waals surface area contributed by atoms with E-state index in [0.29, 0.717) is 0 Å². The van der Waals surface area contributed by atoms with Crippen LogP contribution in [0.5, 0.6) is 0 Å². The molecule has 0 N–H and O–H groups in total. The zero-order valence-electron chi connectivity index (χ0n) is 5.19. The third-order valence-electron chi connectivity index (χ3n) is 1.25. The van der Waals surface area contributed by atoms with Gasteiger partial charge in [0.2, 0.25) is 0 Å². The Morgan fingerprint density at radius 3 is 2.44 bits per heavy atom. The summed E-state index contributed by atoms with van der Waals surface area (Å²) in [5.74, 6) is 0. The quantitative estimate of drug-likeness (QED) is 0.683. The van der Waals surface area contributed by atoms with Crippen LogP contribution in [0.3, 0.4) is 0 Å². The Bertz CT molecular complexity index is 198. The average molecular weight is 334 g/mol. The molecule has 0 unspecified atom stereocenters. The van der Waals surface area contributed by atoms with Crippen LogP contribution < -0.4 is 3.12 Å². The van der Waals surface area contributed by atoms with Crippen LogP contribution in [0, 0.1) is 6.92 Å². The van der Waals surface area contributed by atoms with Gasteiger partial charge in [-0.1, -0.05) is 0 Å². The molecule has 0 heterocycles. The molecule has 0 spiro atoms. The fourth-order valence-electron chi connectivity index (χ4n) is 0.679. The van der Waals surface area contributed by atoms with Crippen molar-refractivity contribution in [2.45, 2.75) is 6.92 Å². The Morgan fingerprint density at radius 1 is 1.33 bits per heavy atom. The number of hydrogen-bond acceptors (Lipinski definition) is 0. The van der Waals surface area contributed by atoms with E-state index in [-0.39, 0.29) is 0 Å². The zero-order chi connectivity index (χ0) is 6.69. The Balaban J connectivity index is 3.01. The molecule has 2 heteroatoms. The molecule has 0 aromatic heterocycles. The minimum absolute atomic E-state index is 0.899. The number of hydrogen-bond donors (Lipinski definition) is 0. The summed E-state index contributed by atoms with van der Waals surface area (Å²) < 4.78 is 1.42. The predicted octanol–water partition coefficient (Wildman–Crippen LogP) is 1.48. The van der Waals surface area contributed by atoms with E-state index in [1.54, 1.807) is 0 Å². The molecule has 1 aromatic rings. The molecule has 9 heavy (non-hydrogen) atoms. The molecular formula is C7H7ClPb. The summed E-state index contributed by atoms with van der Waals surface area (Å²) >= 11 is -0.899.